The molecule has 4 nitrogen and oxygen atoms in total. The highest BCUT2D eigenvalue weighted by Gasteiger charge is 2.15. The van der Waals surface area contributed by atoms with E-state index in [1.807, 2.05) is 25.1 Å². The molecule has 2 rings (SSSR count). The van der Waals surface area contributed by atoms with Gasteiger partial charge in [0.25, 0.3) is 5.91 Å². The van der Waals surface area contributed by atoms with E-state index < -0.39 is 5.91 Å². The summed E-state index contributed by atoms with van der Waals surface area (Å²) in [6, 6.07) is 14.3. The molecule has 0 aliphatic carbocycles. The van der Waals surface area contributed by atoms with Gasteiger partial charge in [0.15, 0.2) is 0 Å². The van der Waals surface area contributed by atoms with Gasteiger partial charge in [-0.1, -0.05) is 35.9 Å². The predicted octanol–water partition coefficient (Wildman–Crippen LogP) is 3.41. The second-order valence-corrected chi connectivity index (χ2v) is 6.45. The molecule has 0 heterocycles. The van der Waals surface area contributed by atoms with Gasteiger partial charge in [-0.2, -0.15) is 0 Å². The average Bonchev–Trinajstić information content (AvgIpc) is 2.53. The Labute approximate surface area is 144 Å². The molecule has 0 fully saturated rings. The Balaban J connectivity index is 2.11. The van der Waals surface area contributed by atoms with Gasteiger partial charge in [0, 0.05) is 9.92 Å². The van der Waals surface area contributed by atoms with Crippen LogP contribution in [0, 0.1) is 0 Å². The number of carbonyl (C=O) groups is 2. The zero-order chi connectivity index (χ0) is 16.8. The molecule has 120 valence electrons. The van der Waals surface area contributed by atoms with Crippen LogP contribution in [-0.4, -0.2) is 17.6 Å². The summed E-state index contributed by atoms with van der Waals surface area (Å²) in [5.74, 6) is -0.475. The minimum atomic E-state index is -0.417. The molecular weight excluding hydrogens is 332 g/mol. The molecule has 3 N–H and O–H groups in total. The molecule has 23 heavy (non-hydrogen) atoms. The van der Waals surface area contributed by atoms with Crippen molar-refractivity contribution in [1.29, 1.82) is 0 Å². The second kappa shape index (κ2) is 8.04. The van der Waals surface area contributed by atoms with E-state index in [0.29, 0.717) is 10.6 Å². The molecule has 6 heteroatoms. The number of nitrogens with two attached hydrogens (primary N) is 1. The summed E-state index contributed by atoms with van der Waals surface area (Å²) in [6.07, 6.45) is 0. The number of rotatable bonds is 6. The molecule has 0 saturated carbocycles. The van der Waals surface area contributed by atoms with Gasteiger partial charge < -0.3 is 11.1 Å². The molecule has 0 aromatic heterocycles. The van der Waals surface area contributed by atoms with Crippen molar-refractivity contribution in [2.75, 3.05) is 5.75 Å². The van der Waals surface area contributed by atoms with Crippen molar-refractivity contribution in [3.63, 3.8) is 0 Å². The monoisotopic (exact) mass is 348 g/mol. The van der Waals surface area contributed by atoms with E-state index in [-0.39, 0.29) is 17.7 Å². The zero-order valence-corrected chi connectivity index (χ0v) is 14.2. The van der Waals surface area contributed by atoms with Crippen LogP contribution < -0.4 is 11.1 Å². The van der Waals surface area contributed by atoms with E-state index in [1.165, 1.54) is 11.8 Å². The highest BCUT2D eigenvalue weighted by atomic mass is 35.5. The Morgan fingerprint density at radius 2 is 1.83 bits per heavy atom. The number of thioether (sulfide) groups is 1. The third kappa shape index (κ3) is 5.01. The number of primary amides is 1. The van der Waals surface area contributed by atoms with Gasteiger partial charge >= 0.3 is 0 Å². The lowest BCUT2D eigenvalue weighted by Gasteiger charge is -2.16. The maximum absolute atomic E-state index is 12.5. The number of benzene rings is 2. The van der Waals surface area contributed by atoms with E-state index in [1.54, 1.807) is 30.3 Å². The van der Waals surface area contributed by atoms with Crippen molar-refractivity contribution in [3.05, 3.63) is 64.7 Å². The molecule has 0 radical (unpaired) electrons. The lowest BCUT2D eigenvalue weighted by atomic mass is 10.1. The molecule has 1 unspecified atom stereocenters. The first-order valence-corrected chi connectivity index (χ1v) is 8.40. The summed E-state index contributed by atoms with van der Waals surface area (Å²) in [5, 5.41) is 3.60. The number of hydrogen-bond acceptors (Lipinski definition) is 3. The molecule has 0 spiro atoms. The van der Waals surface area contributed by atoms with Gasteiger partial charge in [0.1, 0.15) is 0 Å². The number of nitrogens with one attached hydrogen (secondary N) is 1. The van der Waals surface area contributed by atoms with Crippen LogP contribution in [0.25, 0.3) is 0 Å². The SMILES string of the molecule is CC(NC(=O)c1ccccc1SCC(N)=O)c1ccc(Cl)cc1. The number of amides is 2. The summed E-state index contributed by atoms with van der Waals surface area (Å²) < 4.78 is 0. The van der Waals surface area contributed by atoms with Crippen LogP contribution >= 0.6 is 23.4 Å². The molecule has 0 aliphatic rings. The molecule has 0 aliphatic heterocycles. The lowest BCUT2D eigenvalue weighted by molar-refractivity contribution is -0.115. The molecule has 2 amide bonds. The van der Waals surface area contributed by atoms with Gasteiger partial charge in [-0.05, 0) is 36.8 Å². The minimum absolute atomic E-state index is 0.136. The maximum Gasteiger partial charge on any atom is 0.252 e. The van der Waals surface area contributed by atoms with Crippen LogP contribution in [0.15, 0.2) is 53.4 Å². The zero-order valence-electron chi connectivity index (χ0n) is 12.6. The van der Waals surface area contributed by atoms with Gasteiger partial charge in [0.05, 0.1) is 17.4 Å². The van der Waals surface area contributed by atoms with E-state index in [0.717, 1.165) is 10.5 Å². The third-order valence-electron chi connectivity index (χ3n) is 3.22. The van der Waals surface area contributed by atoms with Crippen molar-refractivity contribution >= 4 is 35.2 Å². The van der Waals surface area contributed by atoms with Crippen LogP contribution in [0.4, 0.5) is 0 Å². The maximum atomic E-state index is 12.5. The van der Waals surface area contributed by atoms with E-state index in [2.05, 4.69) is 5.32 Å². The number of carbonyl (C=O) groups excluding carboxylic acids is 2. The van der Waals surface area contributed by atoms with Crippen molar-refractivity contribution in [2.45, 2.75) is 17.9 Å². The molecule has 2 aromatic carbocycles. The van der Waals surface area contributed by atoms with Crippen molar-refractivity contribution in [3.8, 4) is 0 Å². The lowest BCUT2D eigenvalue weighted by Crippen LogP contribution is -2.27. The van der Waals surface area contributed by atoms with Crippen LogP contribution in [0.5, 0.6) is 0 Å². The van der Waals surface area contributed by atoms with Crippen LogP contribution in [0.3, 0.4) is 0 Å². The minimum Gasteiger partial charge on any atom is -0.369 e. The Morgan fingerprint density at radius 3 is 2.48 bits per heavy atom. The van der Waals surface area contributed by atoms with Gasteiger partial charge in [-0.15, -0.1) is 11.8 Å². The fourth-order valence-electron chi connectivity index (χ4n) is 2.04. The first-order valence-electron chi connectivity index (χ1n) is 7.04. The Morgan fingerprint density at radius 1 is 1.17 bits per heavy atom. The molecule has 0 bridgehead atoms. The number of hydrogen-bond donors (Lipinski definition) is 2. The first kappa shape index (κ1) is 17.4. The third-order valence-corrected chi connectivity index (χ3v) is 4.57. The smallest absolute Gasteiger partial charge is 0.252 e. The fraction of sp³-hybridized carbons (Fsp3) is 0.176. The molecule has 2 aromatic rings. The standard InChI is InChI=1S/C17H17ClN2O2S/c1-11(12-6-8-13(18)9-7-12)20-17(22)14-4-2-3-5-15(14)23-10-16(19)21/h2-9,11H,10H2,1H3,(H2,19,21)(H,20,22). The van der Waals surface area contributed by atoms with Gasteiger partial charge in [-0.3, -0.25) is 9.59 Å². The Hall–Kier alpha value is -1.98. The quantitative estimate of drug-likeness (QED) is 0.786. The summed E-state index contributed by atoms with van der Waals surface area (Å²) in [4.78, 5) is 24.2. The Kier molecular flexibility index (Phi) is 6.07. The average molecular weight is 349 g/mol. The van der Waals surface area contributed by atoms with Gasteiger partial charge in [-0.25, -0.2) is 0 Å². The largest absolute Gasteiger partial charge is 0.369 e. The number of halogens is 1. The van der Waals surface area contributed by atoms with Crippen molar-refractivity contribution in [2.24, 2.45) is 5.73 Å². The first-order chi connectivity index (χ1) is 11.0. The van der Waals surface area contributed by atoms with Crippen LogP contribution in [-0.2, 0) is 4.79 Å². The van der Waals surface area contributed by atoms with Crippen molar-refractivity contribution in [1.82, 2.24) is 5.32 Å². The second-order valence-electron chi connectivity index (χ2n) is 5.00. The molecule has 1 atom stereocenters. The summed E-state index contributed by atoms with van der Waals surface area (Å²) >= 11 is 7.13. The van der Waals surface area contributed by atoms with Crippen LogP contribution in [0.2, 0.25) is 5.02 Å². The molecular formula is C17H17ClN2O2S. The fourth-order valence-corrected chi connectivity index (χ4v) is 2.95. The summed E-state index contributed by atoms with van der Waals surface area (Å²) in [5.41, 5.74) is 6.65. The van der Waals surface area contributed by atoms with E-state index in [4.69, 9.17) is 17.3 Å². The highest BCUT2D eigenvalue weighted by molar-refractivity contribution is 8.00. The normalized spacial score (nSPS) is 11.7. The summed E-state index contributed by atoms with van der Waals surface area (Å²) in [7, 11) is 0. The highest BCUT2D eigenvalue weighted by Crippen LogP contribution is 2.23. The van der Waals surface area contributed by atoms with Crippen LogP contribution in [0.1, 0.15) is 28.9 Å². The molecule has 0 saturated heterocycles. The summed E-state index contributed by atoms with van der Waals surface area (Å²) in [6.45, 7) is 1.90. The Bertz CT molecular complexity index is 704. The van der Waals surface area contributed by atoms with Gasteiger partial charge in [0.2, 0.25) is 5.91 Å². The van der Waals surface area contributed by atoms with Crippen molar-refractivity contribution < 1.29 is 9.59 Å². The topological polar surface area (TPSA) is 72.2 Å². The predicted molar refractivity (Wildman–Crippen MR) is 93.7 cm³/mol. The van der Waals surface area contributed by atoms with E-state index >= 15 is 0 Å². The van der Waals surface area contributed by atoms with E-state index in [9.17, 15) is 9.59 Å².